The van der Waals surface area contributed by atoms with Crippen molar-refractivity contribution in [2.75, 3.05) is 7.05 Å². The predicted octanol–water partition coefficient (Wildman–Crippen LogP) is 3.55. The fourth-order valence-electron chi connectivity index (χ4n) is 2.87. The van der Waals surface area contributed by atoms with Crippen molar-refractivity contribution in [3.63, 3.8) is 0 Å². The Morgan fingerprint density at radius 2 is 2.00 bits per heavy atom. The normalized spacial score (nSPS) is 23.1. The van der Waals surface area contributed by atoms with E-state index in [0.717, 1.165) is 29.2 Å². The van der Waals surface area contributed by atoms with Gasteiger partial charge in [0.2, 0.25) is 5.91 Å². The smallest absolute Gasteiger partial charge is 0.226 e. The SMILES string of the molecule is CC1CCCC(N(C)C(=O)Cc2ccc(S)cc2)C1. The molecule has 2 nitrogen and oxygen atoms in total. The Kier molecular flexibility index (Phi) is 4.92. The number of likely N-dealkylation sites (N-methyl/N-ethyl adjacent to an activating group) is 1. The highest BCUT2D eigenvalue weighted by Gasteiger charge is 2.25. The van der Waals surface area contributed by atoms with Crippen LogP contribution >= 0.6 is 12.6 Å². The molecule has 2 rings (SSSR count). The third kappa shape index (κ3) is 4.00. The summed E-state index contributed by atoms with van der Waals surface area (Å²) >= 11 is 4.26. The standard InChI is InChI=1S/C16H23NOS/c1-12-4-3-5-14(10-12)17(2)16(18)11-13-6-8-15(19)9-7-13/h6-9,12,14,19H,3-5,10-11H2,1-2H3. The lowest BCUT2D eigenvalue weighted by atomic mass is 9.86. The fraction of sp³-hybridized carbons (Fsp3) is 0.562. The molecule has 0 heterocycles. The number of hydrogen-bond donors (Lipinski definition) is 1. The summed E-state index contributed by atoms with van der Waals surface area (Å²) in [6.07, 6.45) is 5.36. The van der Waals surface area contributed by atoms with Gasteiger partial charge in [-0.15, -0.1) is 12.6 Å². The summed E-state index contributed by atoms with van der Waals surface area (Å²) in [6, 6.07) is 8.28. The number of carbonyl (C=O) groups excluding carboxylic acids is 1. The zero-order chi connectivity index (χ0) is 13.8. The molecule has 0 N–H and O–H groups in total. The average molecular weight is 277 g/mol. The summed E-state index contributed by atoms with van der Waals surface area (Å²) in [6.45, 7) is 2.29. The van der Waals surface area contributed by atoms with Gasteiger partial charge in [-0.2, -0.15) is 0 Å². The molecule has 0 bridgehead atoms. The van der Waals surface area contributed by atoms with Crippen LogP contribution in [-0.4, -0.2) is 23.9 Å². The lowest BCUT2D eigenvalue weighted by Gasteiger charge is -2.34. The third-order valence-electron chi connectivity index (χ3n) is 4.14. The van der Waals surface area contributed by atoms with E-state index in [1.165, 1.54) is 12.8 Å². The van der Waals surface area contributed by atoms with Crippen molar-refractivity contribution in [2.45, 2.75) is 50.0 Å². The summed E-state index contributed by atoms with van der Waals surface area (Å²) < 4.78 is 0. The predicted molar refractivity (Wildman–Crippen MR) is 81.6 cm³/mol. The highest BCUT2D eigenvalue weighted by Crippen LogP contribution is 2.27. The Balaban J connectivity index is 1.93. The average Bonchev–Trinajstić information content (AvgIpc) is 2.40. The van der Waals surface area contributed by atoms with Crippen molar-refractivity contribution >= 4 is 18.5 Å². The topological polar surface area (TPSA) is 20.3 Å². The third-order valence-corrected chi connectivity index (χ3v) is 4.44. The summed E-state index contributed by atoms with van der Waals surface area (Å²) in [7, 11) is 1.96. The molecule has 1 saturated carbocycles. The Labute approximate surface area is 121 Å². The largest absolute Gasteiger partial charge is 0.342 e. The van der Waals surface area contributed by atoms with Crippen LogP contribution < -0.4 is 0 Å². The van der Waals surface area contributed by atoms with Gasteiger partial charge < -0.3 is 4.90 Å². The molecule has 0 aromatic heterocycles. The van der Waals surface area contributed by atoms with E-state index in [9.17, 15) is 4.79 Å². The van der Waals surface area contributed by atoms with Gasteiger partial charge in [0.1, 0.15) is 0 Å². The molecule has 1 amide bonds. The molecule has 1 aromatic carbocycles. The maximum atomic E-state index is 12.3. The first-order valence-electron chi connectivity index (χ1n) is 7.10. The van der Waals surface area contributed by atoms with E-state index in [1.54, 1.807) is 0 Å². The molecule has 2 unspecified atom stereocenters. The van der Waals surface area contributed by atoms with Crippen molar-refractivity contribution in [1.29, 1.82) is 0 Å². The second-order valence-corrected chi connectivity index (χ2v) is 6.29. The van der Waals surface area contributed by atoms with Crippen LogP contribution in [0.1, 0.15) is 38.2 Å². The maximum absolute atomic E-state index is 12.3. The zero-order valence-corrected chi connectivity index (χ0v) is 12.7. The molecule has 0 saturated heterocycles. The van der Waals surface area contributed by atoms with Crippen LogP contribution in [0, 0.1) is 5.92 Å². The molecule has 0 spiro atoms. The van der Waals surface area contributed by atoms with Gasteiger partial charge >= 0.3 is 0 Å². The minimum atomic E-state index is 0.228. The van der Waals surface area contributed by atoms with Crippen molar-refractivity contribution in [3.8, 4) is 0 Å². The quantitative estimate of drug-likeness (QED) is 0.838. The summed E-state index contributed by atoms with van der Waals surface area (Å²) in [5, 5.41) is 0. The Bertz CT molecular complexity index is 429. The van der Waals surface area contributed by atoms with Crippen LogP contribution in [0.2, 0.25) is 0 Å². The maximum Gasteiger partial charge on any atom is 0.226 e. The lowest BCUT2D eigenvalue weighted by Crippen LogP contribution is -2.40. The Hall–Kier alpha value is -0.960. The molecule has 2 atom stereocenters. The molecule has 104 valence electrons. The first kappa shape index (κ1) is 14.4. The van der Waals surface area contributed by atoms with E-state index >= 15 is 0 Å². The van der Waals surface area contributed by atoms with Crippen LogP contribution in [0.25, 0.3) is 0 Å². The van der Waals surface area contributed by atoms with Crippen LogP contribution in [0.5, 0.6) is 0 Å². The molecule has 3 heteroatoms. The molecular weight excluding hydrogens is 254 g/mol. The number of amides is 1. The molecule has 0 radical (unpaired) electrons. The molecule has 1 fully saturated rings. The van der Waals surface area contributed by atoms with E-state index in [2.05, 4.69) is 19.6 Å². The van der Waals surface area contributed by atoms with E-state index in [1.807, 2.05) is 36.2 Å². The lowest BCUT2D eigenvalue weighted by molar-refractivity contribution is -0.132. The highest BCUT2D eigenvalue weighted by molar-refractivity contribution is 7.80. The number of hydrogen-bond acceptors (Lipinski definition) is 2. The minimum absolute atomic E-state index is 0.228. The van der Waals surface area contributed by atoms with E-state index < -0.39 is 0 Å². The summed E-state index contributed by atoms with van der Waals surface area (Å²) in [5.74, 6) is 0.975. The van der Waals surface area contributed by atoms with E-state index in [-0.39, 0.29) is 5.91 Å². The van der Waals surface area contributed by atoms with Gasteiger partial charge in [-0.25, -0.2) is 0 Å². The number of carbonyl (C=O) groups is 1. The van der Waals surface area contributed by atoms with Gasteiger partial charge in [0.15, 0.2) is 0 Å². The minimum Gasteiger partial charge on any atom is -0.342 e. The first-order valence-corrected chi connectivity index (χ1v) is 7.54. The number of rotatable bonds is 3. The Morgan fingerprint density at radius 3 is 2.63 bits per heavy atom. The second kappa shape index (κ2) is 6.47. The van der Waals surface area contributed by atoms with Crippen LogP contribution in [0.4, 0.5) is 0 Å². The molecular formula is C16H23NOS. The second-order valence-electron chi connectivity index (χ2n) is 5.77. The van der Waals surface area contributed by atoms with Gasteiger partial charge in [-0.05, 0) is 36.5 Å². The summed E-state index contributed by atoms with van der Waals surface area (Å²) in [4.78, 5) is 15.2. The van der Waals surface area contributed by atoms with Crippen LogP contribution in [0.15, 0.2) is 29.2 Å². The number of thiol groups is 1. The summed E-state index contributed by atoms with van der Waals surface area (Å²) in [5.41, 5.74) is 1.07. The molecule has 1 aliphatic carbocycles. The van der Waals surface area contributed by atoms with Gasteiger partial charge in [-0.1, -0.05) is 31.9 Å². The van der Waals surface area contributed by atoms with Gasteiger partial charge in [0, 0.05) is 18.0 Å². The number of benzene rings is 1. The molecule has 0 aliphatic heterocycles. The van der Waals surface area contributed by atoms with Crippen molar-refractivity contribution in [3.05, 3.63) is 29.8 Å². The molecule has 1 aliphatic rings. The van der Waals surface area contributed by atoms with Gasteiger partial charge in [0.25, 0.3) is 0 Å². The van der Waals surface area contributed by atoms with Gasteiger partial charge in [-0.3, -0.25) is 4.79 Å². The fourth-order valence-corrected chi connectivity index (χ4v) is 3.02. The first-order chi connectivity index (χ1) is 9.06. The van der Waals surface area contributed by atoms with Crippen LogP contribution in [0.3, 0.4) is 0 Å². The van der Waals surface area contributed by atoms with E-state index in [0.29, 0.717) is 12.5 Å². The van der Waals surface area contributed by atoms with Crippen molar-refractivity contribution < 1.29 is 4.79 Å². The van der Waals surface area contributed by atoms with Gasteiger partial charge in [0.05, 0.1) is 6.42 Å². The highest BCUT2D eigenvalue weighted by atomic mass is 32.1. The molecule has 1 aromatic rings. The van der Waals surface area contributed by atoms with Crippen molar-refractivity contribution in [2.24, 2.45) is 5.92 Å². The Morgan fingerprint density at radius 1 is 1.32 bits per heavy atom. The zero-order valence-electron chi connectivity index (χ0n) is 11.8. The monoisotopic (exact) mass is 277 g/mol. The molecule has 19 heavy (non-hydrogen) atoms. The van der Waals surface area contributed by atoms with Crippen LogP contribution in [-0.2, 0) is 11.2 Å². The van der Waals surface area contributed by atoms with Crippen molar-refractivity contribution in [1.82, 2.24) is 4.90 Å². The number of nitrogens with zero attached hydrogens (tertiary/aromatic N) is 1. The van der Waals surface area contributed by atoms with E-state index in [4.69, 9.17) is 0 Å².